The third-order valence-corrected chi connectivity index (χ3v) is 3.69. The van der Waals surface area contributed by atoms with Crippen LogP contribution in [0.4, 0.5) is 5.00 Å². The van der Waals surface area contributed by atoms with Gasteiger partial charge in [-0.3, -0.25) is 4.79 Å². The van der Waals surface area contributed by atoms with Crippen LogP contribution in [0.25, 0.3) is 0 Å². The van der Waals surface area contributed by atoms with Crippen molar-refractivity contribution >= 4 is 22.6 Å². The molecule has 0 fully saturated rings. The minimum Gasteiger partial charge on any atom is -0.361 e. The van der Waals surface area contributed by atoms with Crippen LogP contribution in [0.5, 0.6) is 0 Å². The molecule has 1 aromatic heterocycles. The lowest BCUT2D eigenvalue weighted by Crippen LogP contribution is -2.30. The highest BCUT2D eigenvalue weighted by Crippen LogP contribution is 2.27. The Morgan fingerprint density at radius 2 is 2.12 bits per heavy atom. The van der Waals surface area contributed by atoms with E-state index in [2.05, 4.69) is 31.7 Å². The van der Waals surface area contributed by atoms with E-state index in [4.69, 9.17) is 0 Å². The van der Waals surface area contributed by atoms with Gasteiger partial charge in [0.15, 0.2) is 6.29 Å². The molecule has 0 radical (unpaired) electrons. The van der Waals surface area contributed by atoms with Crippen molar-refractivity contribution in [3.8, 4) is 0 Å². The van der Waals surface area contributed by atoms with Gasteiger partial charge in [-0.1, -0.05) is 19.8 Å². The first-order valence-corrected chi connectivity index (χ1v) is 6.82. The van der Waals surface area contributed by atoms with E-state index in [9.17, 15) is 4.79 Å². The van der Waals surface area contributed by atoms with Gasteiger partial charge in [0.05, 0.1) is 9.88 Å². The van der Waals surface area contributed by atoms with Crippen LogP contribution in [0.1, 0.15) is 49.7 Å². The van der Waals surface area contributed by atoms with Crippen LogP contribution < -0.4 is 4.90 Å². The summed E-state index contributed by atoms with van der Waals surface area (Å²) >= 11 is 1.59. The predicted molar refractivity (Wildman–Crippen MR) is 71.7 cm³/mol. The molecule has 0 saturated heterocycles. The standard InChI is InChI=1S/C13H21NOS/c1-4-5-6-9-14(11(2)3)13-8-7-12(10-15)16-13/h7-8,10-11H,4-6,9H2,1-3H3. The number of hydrogen-bond donors (Lipinski definition) is 0. The van der Waals surface area contributed by atoms with Crippen LogP contribution in [0.2, 0.25) is 0 Å². The number of carbonyl (C=O) groups is 1. The van der Waals surface area contributed by atoms with Gasteiger partial charge in [-0.15, -0.1) is 11.3 Å². The second kappa shape index (κ2) is 6.69. The zero-order valence-corrected chi connectivity index (χ0v) is 11.2. The lowest BCUT2D eigenvalue weighted by Gasteiger charge is -2.27. The SMILES string of the molecule is CCCCCN(c1ccc(C=O)s1)C(C)C. The Kier molecular flexibility index (Phi) is 5.53. The lowest BCUT2D eigenvalue weighted by atomic mass is 10.2. The summed E-state index contributed by atoms with van der Waals surface area (Å²) in [6, 6.07) is 4.46. The second-order valence-corrected chi connectivity index (χ2v) is 5.38. The van der Waals surface area contributed by atoms with Crippen molar-refractivity contribution in [2.45, 2.75) is 46.1 Å². The first kappa shape index (κ1) is 13.2. The highest BCUT2D eigenvalue weighted by molar-refractivity contribution is 7.17. The quantitative estimate of drug-likeness (QED) is 0.530. The summed E-state index contributed by atoms with van der Waals surface area (Å²) in [6.07, 6.45) is 4.67. The fraction of sp³-hybridized carbons (Fsp3) is 0.615. The van der Waals surface area contributed by atoms with E-state index in [1.807, 2.05) is 6.07 Å². The van der Waals surface area contributed by atoms with Crippen LogP contribution in [-0.2, 0) is 0 Å². The Morgan fingerprint density at radius 1 is 1.38 bits per heavy atom. The Bertz CT molecular complexity index is 319. The summed E-state index contributed by atoms with van der Waals surface area (Å²) in [5.74, 6) is 0. The van der Waals surface area contributed by atoms with Gasteiger partial charge in [-0.05, 0) is 32.4 Å². The number of nitrogens with zero attached hydrogens (tertiary/aromatic N) is 1. The topological polar surface area (TPSA) is 20.3 Å². The van der Waals surface area contributed by atoms with Crippen LogP contribution in [-0.4, -0.2) is 18.9 Å². The smallest absolute Gasteiger partial charge is 0.160 e. The highest BCUT2D eigenvalue weighted by atomic mass is 32.1. The number of rotatable bonds is 7. The molecule has 1 heterocycles. The van der Waals surface area contributed by atoms with Crippen LogP contribution in [0.15, 0.2) is 12.1 Å². The van der Waals surface area contributed by atoms with Crippen molar-refractivity contribution in [1.82, 2.24) is 0 Å². The number of hydrogen-bond acceptors (Lipinski definition) is 3. The molecule has 0 atom stereocenters. The van der Waals surface area contributed by atoms with Crippen molar-refractivity contribution in [3.05, 3.63) is 17.0 Å². The molecule has 3 heteroatoms. The van der Waals surface area contributed by atoms with Crippen LogP contribution >= 0.6 is 11.3 Å². The van der Waals surface area contributed by atoms with Gasteiger partial charge in [0, 0.05) is 12.6 Å². The van der Waals surface area contributed by atoms with E-state index in [-0.39, 0.29) is 0 Å². The summed E-state index contributed by atoms with van der Waals surface area (Å²) in [7, 11) is 0. The molecule has 0 spiro atoms. The van der Waals surface area contributed by atoms with Crippen molar-refractivity contribution in [2.24, 2.45) is 0 Å². The molecule has 1 aromatic rings. The van der Waals surface area contributed by atoms with E-state index in [1.54, 1.807) is 11.3 Å². The average molecular weight is 239 g/mol. The molecule has 0 aliphatic heterocycles. The predicted octanol–water partition coefficient (Wildman–Crippen LogP) is 3.97. The molecule has 90 valence electrons. The molecular formula is C13H21NOS. The minimum atomic E-state index is 0.495. The fourth-order valence-electron chi connectivity index (χ4n) is 1.71. The first-order chi connectivity index (χ1) is 7.69. The molecule has 0 N–H and O–H groups in total. The van der Waals surface area contributed by atoms with E-state index in [0.29, 0.717) is 6.04 Å². The monoisotopic (exact) mass is 239 g/mol. The summed E-state index contributed by atoms with van der Waals surface area (Å²) in [5.41, 5.74) is 0. The molecule has 0 amide bonds. The Balaban J connectivity index is 2.65. The van der Waals surface area contributed by atoms with Crippen molar-refractivity contribution in [1.29, 1.82) is 0 Å². The van der Waals surface area contributed by atoms with E-state index in [0.717, 1.165) is 17.7 Å². The fourth-order valence-corrected chi connectivity index (χ4v) is 2.70. The van der Waals surface area contributed by atoms with E-state index >= 15 is 0 Å². The molecule has 1 rings (SSSR count). The second-order valence-electron chi connectivity index (χ2n) is 4.29. The van der Waals surface area contributed by atoms with Gasteiger partial charge in [-0.25, -0.2) is 0 Å². The first-order valence-electron chi connectivity index (χ1n) is 6.00. The largest absolute Gasteiger partial charge is 0.361 e. The van der Waals surface area contributed by atoms with Gasteiger partial charge in [-0.2, -0.15) is 0 Å². The molecule has 2 nitrogen and oxygen atoms in total. The third kappa shape index (κ3) is 3.63. The highest BCUT2D eigenvalue weighted by Gasteiger charge is 2.12. The number of thiophene rings is 1. The Labute approximate surface area is 102 Å². The Hall–Kier alpha value is -0.830. The third-order valence-electron chi connectivity index (χ3n) is 2.64. The summed E-state index contributed by atoms with van der Waals surface area (Å²) in [5, 5.41) is 1.22. The zero-order valence-electron chi connectivity index (χ0n) is 10.4. The van der Waals surface area contributed by atoms with Gasteiger partial charge in [0.1, 0.15) is 0 Å². The molecule has 0 aliphatic carbocycles. The number of anilines is 1. The van der Waals surface area contributed by atoms with Gasteiger partial charge < -0.3 is 4.90 Å². The summed E-state index contributed by atoms with van der Waals surface area (Å²) < 4.78 is 0. The van der Waals surface area contributed by atoms with E-state index < -0.39 is 0 Å². The minimum absolute atomic E-state index is 0.495. The van der Waals surface area contributed by atoms with Crippen LogP contribution in [0, 0.1) is 0 Å². The lowest BCUT2D eigenvalue weighted by molar-refractivity contribution is 0.112. The maximum absolute atomic E-state index is 10.7. The average Bonchev–Trinajstić information content (AvgIpc) is 2.72. The van der Waals surface area contributed by atoms with Crippen LogP contribution in [0.3, 0.4) is 0 Å². The zero-order chi connectivity index (χ0) is 12.0. The summed E-state index contributed by atoms with van der Waals surface area (Å²) in [4.78, 5) is 13.9. The molecular weight excluding hydrogens is 218 g/mol. The maximum atomic E-state index is 10.7. The molecule has 16 heavy (non-hydrogen) atoms. The maximum Gasteiger partial charge on any atom is 0.160 e. The number of unbranched alkanes of at least 4 members (excludes halogenated alkanes) is 2. The van der Waals surface area contributed by atoms with Gasteiger partial charge in [0.25, 0.3) is 0 Å². The molecule has 0 unspecified atom stereocenters. The Morgan fingerprint density at radius 3 is 2.62 bits per heavy atom. The van der Waals surface area contributed by atoms with Gasteiger partial charge in [0.2, 0.25) is 0 Å². The molecule has 0 saturated carbocycles. The summed E-state index contributed by atoms with van der Waals surface area (Å²) in [6.45, 7) is 7.71. The van der Waals surface area contributed by atoms with Crippen molar-refractivity contribution in [3.63, 3.8) is 0 Å². The van der Waals surface area contributed by atoms with E-state index in [1.165, 1.54) is 24.3 Å². The van der Waals surface area contributed by atoms with Crippen molar-refractivity contribution in [2.75, 3.05) is 11.4 Å². The molecule has 0 aromatic carbocycles. The number of carbonyl (C=O) groups excluding carboxylic acids is 1. The van der Waals surface area contributed by atoms with Gasteiger partial charge >= 0.3 is 0 Å². The molecule has 0 bridgehead atoms. The number of aldehydes is 1. The molecule has 0 aliphatic rings. The van der Waals surface area contributed by atoms with Crippen molar-refractivity contribution < 1.29 is 4.79 Å². The normalized spacial score (nSPS) is 10.8.